The highest BCUT2D eigenvalue weighted by atomic mass is 32.2. The van der Waals surface area contributed by atoms with Gasteiger partial charge in [-0.25, -0.2) is 0 Å². The van der Waals surface area contributed by atoms with Crippen molar-refractivity contribution in [3.63, 3.8) is 0 Å². The number of ether oxygens (including phenoxy) is 1. The van der Waals surface area contributed by atoms with Crippen LogP contribution in [0.3, 0.4) is 0 Å². The van der Waals surface area contributed by atoms with E-state index in [1.807, 2.05) is 30.3 Å². The van der Waals surface area contributed by atoms with Gasteiger partial charge in [-0.2, -0.15) is 0 Å². The van der Waals surface area contributed by atoms with Crippen molar-refractivity contribution < 1.29 is 4.74 Å². The van der Waals surface area contributed by atoms with E-state index in [2.05, 4.69) is 35.7 Å². The van der Waals surface area contributed by atoms with Gasteiger partial charge in [0.1, 0.15) is 10.1 Å². The molecule has 106 valence electrons. The van der Waals surface area contributed by atoms with Crippen LogP contribution >= 0.6 is 24.0 Å². The van der Waals surface area contributed by atoms with Gasteiger partial charge in [-0.3, -0.25) is 0 Å². The van der Waals surface area contributed by atoms with Crippen LogP contribution in [0.2, 0.25) is 0 Å². The molecule has 1 aliphatic heterocycles. The van der Waals surface area contributed by atoms with E-state index in [0.29, 0.717) is 0 Å². The molecule has 0 fully saturated rings. The Kier molecular flexibility index (Phi) is 4.27. The van der Waals surface area contributed by atoms with Crippen LogP contribution in [-0.2, 0) is 0 Å². The Bertz CT molecular complexity index is 665. The zero-order valence-electron chi connectivity index (χ0n) is 11.6. The third-order valence-electron chi connectivity index (χ3n) is 3.32. The second-order valence-corrected chi connectivity index (χ2v) is 6.49. The van der Waals surface area contributed by atoms with Crippen LogP contribution in [0.15, 0.2) is 60.7 Å². The van der Waals surface area contributed by atoms with E-state index in [0.717, 1.165) is 21.3 Å². The van der Waals surface area contributed by atoms with Crippen LogP contribution in [0.25, 0.3) is 5.70 Å². The van der Waals surface area contributed by atoms with Crippen molar-refractivity contribution in [3.05, 3.63) is 71.8 Å². The van der Waals surface area contributed by atoms with Crippen molar-refractivity contribution >= 4 is 34.0 Å². The second-order valence-electron chi connectivity index (χ2n) is 4.67. The molecule has 0 saturated heterocycles. The summed E-state index contributed by atoms with van der Waals surface area (Å²) < 4.78 is 6.00. The first kappa shape index (κ1) is 14.2. The molecule has 1 aliphatic rings. The Balaban J connectivity index is 1.92. The Labute approximate surface area is 134 Å². The van der Waals surface area contributed by atoms with Gasteiger partial charge >= 0.3 is 0 Å². The number of methoxy groups -OCH3 is 1. The Hall–Kier alpha value is -1.78. The topological polar surface area (TPSA) is 21.3 Å². The van der Waals surface area contributed by atoms with E-state index in [1.165, 1.54) is 5.56 Å². The van der Waals surface area contributed by atoms with Gasteiger partial charge in [-0.05, 0) is 41.5 Å². The molecular formula is C17H15NOS2. The lowest BCUT2D eigenvalue weighted by molar-refractivity contribution is 0.415. The minimum atomic E-state index is 0.247. The van der Waals surface area contributed by atoms with Crippen LogP contribution in [0.5, 0.6) is 5.75 Å². The van der Waals surface area contributed by atoms with Gasteiger partial charge in [0.15, 0.2) is 0 Å². The highest BCUT2D eigenvalue weighted by Gasteiger charge is 2.20. The Morgan fingerprint density at radius 3 is 2.43 bits per heavy atom. The van der Waals surface area contributed by atoms with Gasteiger partial charge in [-0.15, -0.1) is 0 Å². The lowest BCUT2D eigenvalue weighted by Crippen LogP contribution is -2.22. The second kappa shape index (κ2) is 6.33. The van der Waals surface area contributed by atoms with Gasteiger partial charge in [0.05, 0.1) is 12.4 Å². The smallest absolute Gasteiger partial charge is 0.139 e. The first-order valence-electron chi connectivity index (χ1n) is 6.65. The molecule has 0 radical (unpaired) electrons. The van der Waals surface area contributed by atoms with Gasteiger partial charge < -0.3 is 10.1 Å². The van der Waals surface area contributed by atoms with Crippen LogP contribution < -0.4 is 10.1 Å². The standard InChI is InChI=1S/C17H15NOS2/c1-19-14-9-7-12(8-10-14)15-11-16(21-17(20)18-15)13-5-3-2-4-6-13/h2-11,16H,1H3,(H,18,20)/t16-/m1/s1. The largest absolute Gasteiger partial charge is 0.497 e. The monoisotopic (exact) mass is 313 g/mol. The summed E-state index contributed by atoms with van der Waals surface area (Å²) in [6.07, 6.45) is 2.22. The summed E-state index contributed by atoms with van der Waals surface area (Å²) in [7, 11) is 1.67. The lowest BCUT2D eigenvalue weighted by atomic mass is 10.1. The average Bonchev–Trinajstić information content (AvgIpc) is 2.55. The molecule has 1 N–H and O–H groups in total. The Morgan fingerprint density at radius 2 is 1.76 bits per heavy atom. The third kappa shape index (κ3) is 3.28. The minimum Gasteiger partial charge on any atom is -0.497 e. The van der Waals surface area contributed by atoms with Gasteiger partial charge in [0, 0.05) is 5.70 Å². The zero-order valence-corrected chi connectivity index (χ0v) is 13.2. The molecule has 2 aromatic carbocycles. The van der Waals surface area contributed by atoms with Crippen LogP contribution in [-0.4, -0.2) is 11.4 Å². The first-order chi connectivity index (χ1) is 10.3. The number of hydrogen-bond donors (Lipinski definition) is 1. The molecule has 0 aliphatic carbocycles. The van der Waals surface area contributed by atoms with Crippen LogP contribution in [0.1, 0.15) is 16.4 Å². The van der Waals surface area contributed by atoms with Crippen molar-refractivity contribution in [2.24, 2.45) is 0 Å². The number of hydrogen-bond acceptors (Lipinski definition) is 3. The van der Waals surface area contributed by atoms with Crippen molar-refractivity contribution in [3.8, 4) is 5.75 Å². The van der Waals surface area contributed by atoms with Crippen molar-refractivity contribution in [1.82, 2.24) is 5.32 Å². The molecule has 1 atom stereocenters. The number of thioether (sulfide) groups is 1. The SMILES string of the molecule is COc1ccc(C2=C[C@H](c3ccccc3)SC(=S)N2)cc1. The predicted molar refractivity (Wildman–Crippen MR) is 93.5 cm³/mol. The van der Waals surface area contributed by atoms with E-state index in [1.54, 1.807) is 18.9 Å². The molecule has 1 heterocycles. The molecule has 4 heteroatoms. The average molecular weight is 313 g/mol. The lowest BCUT2D eigenvalue weighted by Gasteiger charge is -2.23. The first-order valence-corrected chi connectivity index (χ1v) is 7.94. The highest BCUT2D eigenvalue weighted by molar-refractivity contribution is 8.23. The maximum atomic E-state index is 5.39. The number of nitrogens with one attached hydrogen (secondary N) is 1. The van der Waals surface area contributed by atoms with E-state index >= 15 is 0 Å². The number of thiocarbonyl (C=S) groups is 1. The molecule has 0 unspecified atom stereocenters. The molecule has 0 aromatic heterocycles. The number of rotatable bonds is 3. The molecule has 0 saturated carbocycles. The third-order valence-corrected chi connectivity index (χ3v) is 4.69. The summed E-state index contributed by atoms with van der Waals surface area (Å²) in [5.41, 5.74) is 3.42. The quantitative estimate of drug-likeness (QED) is 0.848. The molecule has 0 bridgehead atoms. The van der Waals surface area contributed by atoms with Crippen molar-refractivity contribution in [1.29, 1.82) is 0 Å². The molecule has 21 heavy (non-hydrogen) atoms. The maximum Gasteiger partial charge on any atom is 0.139 e. The summed E-state index contributed by atoms with van der Waals surface area (Å²) in [5, 5.41) is 3.53. The van der Waals surface area contributed by atoms with Gasteiger partial charge in [0.2, 0.25) is 0 Å². The molecular weight excluding hydrogens is 298 g/mol. The van der Waals surface area contributed by atoms with Crippen molar-refractivity contribution in [2.45, 2.75) is 5.25 Å². The highest BCUT2D eigenvalue weighted by Crippen LogP contribution is 2.37. The number of benzene rings is 2. The summed E-state index contributed by atoms with van der Waals surface area (Å²) in [4.78, 5) is 0. The van der Waals surface area contributed by atoms with E-state index in [9.17, 15) is 0 Å². The summed E-state index contributed by atoms with van der Waals surface area (Å²) >= 11 is 7.06. The van der Waals surface area contributed by atoms with E-state index < -0.39 is 0 Å². The molecule has 0 amide bonds. The summed E-state index contributed by atoms with van der Waals surface area (Å²) in [6, 6.07) is 18.4. The van der Waals surface area contributed by atoms with Crippen molar-refractivity contribution in [2.75, 3.05) is 7.11 Å². The Morgan fingerprint density at radius 1 is 1.05 bits per heavy atom. The molecule has 2 aromatic rings. The van der Waals surface area contributed by atoms with E-state index in [4.69, 9.17) is 17.0 Å². The summed E-state index contributed by atoms with van der Waals surface area (Å²) in [6.45, 7) is 0. The fourth-order valence-electron chi connectivity index (χ4n) is 2.23. The predicted octanol–water partition coefficient (Wildman–Crippen LogP) is 4.40. The van der Waals surface area contributed by atoms with Gasteiger partial charge in [-0.1, -0.05) is 54.3 Å². The zero-order chi connectivity index (χ0) is 14.7. The van der Waals surface area contributed by atoms with Gasteiger partial charge in [0.25, 0.3) is 0 Å². The normalized spacial score (nSPS) is 17.9. The molecule has 0 spiro atoms. The van der Waals surface area contributed by atoms with Crippen LogP contribution in [0, 0.1) is 0 Å². The fraction of sp³-hybridized carbons (Fsp3) is 0.118. The maximum absolute atomic E-state index is 5.39. The molecule has 3 rings (SSSR count). The van der Waals surface area contributed by atoms with Crippen LogP contribution in [0.4, 0.5) is 0 Å². The van der Waals surface area contributed by atoms with E-state index in [-0.39, 0.29) is 5.25 Å². The minimum absolute atomic E-state index is 0.247. The summed E-state index contributed by atoms with van der Waals surface area (Å²) in [5.74, 6) is 0.853. The fourth-order valence-corrected chi connectivity index (χ4v) is 3.55. The molecule has 2 nitrogen and oxygen atoms in total.